The van der Waals surface area contributed by atoms with Crippen LogP contribution in [0.4, 0.5) is 0 Å². The summed E-state index contributed by atoms with van der Waals surface area (Å²) in [5, 5.41) is 3.09. The molecule has 0 saturated heterocycles. The van der Waals surface area contributed by atoms with Gasteiger partial charge in [0.25, 0.3) is 5.56 Å². The van der Waals surface area contributed by atoms with E-state index in [0.29, 0.717) is 26.9 Å². The van der Waals surface area contributed by atoms with Gasteiger partial charge in [0.15, 0.2) is 4.80 Å². The number of rotatable bonds is 5. The number of hydrogen-bond acceptors (Lipinski definition) is 5. The molecule has 0 N–H and O–H groups in total. The molecular formula is C32H22Cl2N2O2S2. The molecule has 1 atom stereocenters. The van der Waals surface area contributed by atoms with Crippen molar-refractivity contribution >= 4 is 57.6 Å². The summed E-state index contributed by atoms with van der Waals surface area (Å²) in [4.78, 5) is 20.9. The summed E-state index contributed by atoms with van der Waals surface area (Å²) in [6.07, 6.45) is 3.77. The zero-order chi connectivity index (χ0) is 27.2. The highest BCUT2D eigenvalue weighted by molar-refractivity contribution is 7.10. The minimum atomic E-state index is -0.136. The minimum Gasteiger partial charge on any atom is -0.489 e. The third kappa shape index (κ3) is 4.65. The Morgan fingerprint density at radius 2 is 1.88 bits per heavy atom. The number of allylic oxidation sites excluding steroid dienone is 1. The van der Waals surface area contributed by atoms with E-state index < -0.39 is 0 Å². The van der Waals surface area contributed by atoms with Gasteiger partial charge in [-0.05, 0) is 76.9 Å². The van der Waals surface area contributed by atoms with Gasteiger partial charge in [-0.3, -0.25) is 9.36 Å². The molecule has 40 heavy (non-hydrogen) atoms. The molecule has 5 aromatic rings. The van der Waals surface area contributed by atoms with E-state index in [1.807, 2.05) is 41.0 Å². The SMILES string of the molecule is O=c1/c(=C/c2cccc(OCc3ccc(Cl)c(Cl)c3)c2)sc2n1[C@@H](c1cccs1)C1=C(N=2)c2ccccc2CC1. The van der Waals surface area contributed by atoms with E-state index >= 15 is 0 Å². The van der Waals surface area contributed by atoms with Gasteiger partial charge in [0, 0.05) is 10.4 Å². The van der Waals surface area contributed by atoms with Crippen molar-refractivity contribution in [1.29, 1.82) is 0 Å². The summed E-state index contributed by atoms with van der Waals surface area (Å²) >= 11 is 15.3. The van der Waals surface area contributed by atoms with Crippen LogP contribution < -0.4 is 19.6 Å². The molecular weight excluding hydrogens is 579 g/mol. The Morgan fingerprint density at radius 3 is 2.73 bits per heavy atom. The van der Waals surface area contributed by atoms with Crippen LogP contribution in [0.3, 0.4) is 0 Å². The summed E-state index contributed by atoms with van der Waals surface area (Å²) in [6, 6.07) is 25.7. The summed E-state index contributed by atoms with van der Waals surface area (Å²) in [5.41, 5.74) is 6.52. The molecule has 3 aromatic carbocycles. The number of aryl methyl sites for hydroxylation is 1. The van der Waals surface area contributed by atoms with Gasteiger partial charge in [-0.2, -0.15) is 0 Å². The molecule has 4 nitrogen and oxygen atoms in total. The normalized spacial score (nSPS) is 16.2. The number of hydrogen-bond donors (Lipinski definition) is 0. The van der Waals surface area contributed by atoms with Crippen LogP contribution in [0, 0.1) is 0 Å². The number of halogens is 2. The van der Waals surface area contributed by atoms with E-state index in [1.54, 1.807) is 23.5 Å². The lowest BCUT2D eigenvalue weighted by atomic mass is 9.85. The fourth-order valence-electron chi connectivity index (χ4n) is 5.36. The summed E-state index contributed by atoms with van der Waals surface area (Å²) in [6.45, 7) is 0.358. The summed E-state index contributed by atoms with van der Waals surface area (Å²) in [5.74, 6) is 0.705. The highest BCUT2D eigenvalue weighted by Crippen LogP contribution is 2.42. The number of aromatic nitrogens is 1. The van der Waals surface area contributed by atoms with Gasteiger partial charge in [0.1, 0.15) is 12.4 Å². The maximum absolute atomic E-state index is 13.9. The average Bonchev–Trinajstić information content (AvgIpc) is 3.61. The Bertz CT molecular complexity index is 1970. The van der Waals surface area contributed by atoms with Gasteiger partial charge in [-0.25, -0.2) is 4.99 Å². The summed E-state index contributed by atoms with van der Waals surface area (Å²) < 4.78 is 8.55. The zero-order valence-electron chi connectivity index (χ0n) is 21.1. The lowest BCUT2D eigenvalue weighted by Gasteiger charge is -2.30. The molecule has 8 heteroatoms. The third-order valence-electron chi connectivity index (χ3n) is 7.23. The molecule has 0 radical (unpaired) electrons. The van der Waals surface area contributed by atoms with E-state index in [9.17, 15) is 4.79 Å². The van der Waals surface area contributed by atoms with Crippen molar-refractivity contribution in [3.63, 3.8) is 0 Å². The van der Waals surface area contributed by atoms with Crippen LogP contribution in [-0.2, 0) is 13.0 Å². The van der Waals surface area contributed by atoms with Crippen LogP contribution in [0.1, 0.15) is 39.6 Å². The van der Waals surface area contributed by atoms with E-state index in [-0.39, 0.29) is 11.6 Å². The van der Waals surface area contributed by atoms with Crippen LogP contribution >= 0.6 is 45.9 Å². The standard InChI is InChI=1S/C32H22Cl2N2O2S2/c33-25-13-10-20(16-26(25)34)18-38-22-7-3-5-19(15-22)17-28-31(37)36-30(27-9-4-14-39-27)24-12-11-21-6-1-2-8-23(21)29(24)35-32(36)40-28/h1-10,13-17,30H,11-12,18H2/b28-17-/t30-/m1/s1. The van der Waals surface area contributed by atoms with Crippen LogP contribution in [0.2, 0.25) is 10.0 Å². The van der Waals surface area contributed by atoms with Gasteiger partial charge in [-0.1, -0.05) is 83.1 Å². The number of ether oxygens (including phenoxy) is 1. The van der Waals surface area contributed by atoms with Crippen molar-refractivity contribution in [3.05, 3.63) is 147 Å². The number of thiophene rings is 1. The summed E-state index contributed by atoms with van der Waals surface area (Å²) in [7, 11) is 0. The van der Waals surface area contributed by atoms with Crippen molar-refractivity contribution in [2.45, 2.75) is 25.5 Å². The second-order valence-corrected chi connectivity index (χ2v) is 12.5. The number of fused-ring (bicyclic) bond motifs is 3. The minimum absolute atomic E-state index is 0.0188. The highest BCUT2D eigenvalue weighted by atomic mass is 35.5. The van der Waals surface area contributed by atoms with Crippen LogP contribution in [0.5, 0.6) is 5.75 Å². The molecule has 2 aliphatic rings. The van der Waals surface area contributed by atoms with Crippen molar-refractivity contribution in [1.82, 2.24) is 4.57 Å². The van der Waals surface area contributed by atoms with Gasteiger partial charge in [0.05, 0.1) is 26.3 Å². The maximum Gasteiger partial charge on any atom is 0.271 e. The Morgan fingerprint density at radius 1 is 0.975 bits per heavy atom. The maximum atomic E-state index is 13.9. The van der Waals surface area contributed by atoms with Gasteiger partial charge < -0.3 is 4.74 Å². The average molecular weight is 602 g/mol. The predicted molar refractivity (Wildman–Crippen MR) is 164 cm³/mol. The molecule has 0 unspecified atom stereocenters. The molecule has 0 fully saturated rings. The van der Waals surface area contributed by atoms with Crippen LogP contribution in [-0.4, -0.2) is 4.57 Å². The fraction of sp³-hybridized carbons (Fsp3) is 0.125. The monoisotopic (exact) mass is 600 g/mol. The predicted octanol–water partition coefficient (Wildman–Crippen LogP) is 7.27. The number of nitrogens with zero attached hydrogens (tertiary/aromatic N) is 2. The van der Waals surface area contributed by atoms with Crippen LogP contribution in [0.15, 0.2) is 99.6 Å². The Hall–Kier alpha value is -3.42. The molecule has 0 amide bonds. The van der Waals surface area contributed by atoms with Gasteiger partial charge in [-0.15, -0.1) is 11.3 Å². The van der Waals surface area contributed by atoms with Crippen molar-refractivity contribution < 1.29 is 4.74 Å². The Kier molecular flexibility index (Phi) is 6.72. The van der Waals surface area contributed by atoms with E-state index in [1.165, 1.54) is 28.0 Å². The first-order valence-electron chi connectivity index (χ1n) is 12.9. The zero-order valence-corrected chi connectivity index (χ0v) is 24.3. The first-order valence-corrected chi connectivity index (χ1v) is 15.3. The molecule has 1 aliphatic carbocycles. The third-order valence-corrected chi connectivity index (χ3v) is 9.88. The topological polar surface area (TPSA) is 43.6 Å². The molecule has 0 bridgehead atoms. The smallest absolute Gasteiger partial charge is 0.271 e. The lowest BCUT2D eigenvalue weighted by molar-refractivity contribution is 0.306. The van der Waals surface area contributed by atoms with E-state index in [2.05, 4.69) is 41.8 Å². The Labute approximate surface area is 248 Å². The first kappa shape index (κ1) is 25.5. The molecule has 3 heterocycles. The van der Waals surface area contributed by atoms with Crippen molar-refractivity contribution in [3.8, 4) is 5.75 Å². The molecule has 198 valence electrons. The Balaban J connectivity index is 1.28. The second-order valence-electron chi connectivity index (χ2n) is 9.74. The highest BCUT2D eigenvalue weighted by Gasteiger charge is 2.33. The molecule has 7 rings (SSSR count). The molecule has 2 aromatic heterocycles. The lowest BCUT2D eigenvalue weighted by Crippen LogP contribution is -2.38. The number of thiazole rings is 1. The second kappa shape index (κ2) is 10.5. The van der Waals surface area contributed by atoms with Gasteiger partial charge >= 0.3 is 0 Å². The van der Waals surface area contributed by atoms with Crippen LogP contribution in [0.25, 0.3) is 11.8 Å². The first-order chi connectivity index (χ1) is 19.5. The molecule has 1 aliphatic heterocycles. The molecule has 0 saturated carbocycles. The van der Waals surface area contributed by atoms with Crippen molar-refractivity contribution in [2.24, 2.45) is 4.99 Å². The number of benzene rings is 3. The molecule has 0 spiro atoms. The quantitative estimate of drug-likeness (QED) is 0.213. The fourth-order valence-corrected chi connectivity index (χ4v) is 7.53. The largest absolute Gasteiger partial charge is 0.489 e. The van der Waals surface area contributed by atoms with Gasteiger partial charge in [0.2, 0.25) is 0 Å². The van der Waals surface area contributed by atoms with Crippen molar-refractivity contribution in [2.75, 3.05) is 0 Å². The van der Waals surface area contributed by atoms with E-state index in [4.69, 9.17) is 32.9 Å². The van der Waals surface area contributed by atoms with E-state index in [0.717, 1.165) is 39.3 Å².